The minimum atomic E-state index is -1.42. The highest BCUT2D eigenvalue weighted by atomic mass is 19.1. The number of allylic oxidation sites excluding steroid dienone is 1. The predicted molar refractivity (Wildman–Crippen MR) is 68.4 cm³/mol. The van der Waals surface area contributed by atoms with Crippen LogP contribution in [0.1, 0.15) is 31.9 Å². The zero-order chi connectivity index (χ0) is 14.4. The summed E-state index contributed by atoms with van der Waals surface area (Å²) in [5.41, 5.74) is 0.0728. The number of rotatable bonds is 5. The van der Waals surface area contributed by atoms with E-state index in [2.05, 4.69) is 5.32 Å². The van der Waals surface area contributed by atoms with Crippen LogP contribution in [-0.2, 0) is 4.79 Å². The number of aliphatic hydroxyl groups excluding tert-OH is 1. The molecule has 1 atom stereocenters. The number of carbonyl (C=O) groups excluding carboxylic acids is 1. The second-order valence-corrected chi connectivity index (χ2v) is 4.16. The Kier molecular flexibility index (Phi) is 5.63. The number of benzene rings is 1. The Balaban J connectivity index is 2.69. The number of hydrogen-bond donors (Lipinski definition) is 2. The predicted octanol–water partition coefficient (Wildman–Crippen LogP) is 2.47. The van der Waals surface area contributed by atoms with Crippen LogP contribution in [0, 0.1) is 11.6 Å². The maximum atomic E-state index is 13.4. The molecule has 1 unspecified atom stereocenters. The van der Waals surface area contributed by atoms with Gasteiger partial charge in [0.15, 0.2) is 0 Å². The molecular formula is C14H17F2NO2. The molecule has 0 aliphatic carbocycles. The highest BCUT2D eigenvalue weighted by molar-refractivity contribution is 5.92. The number of hydrogen-bond acceptors (Lipinski definition) is 2. The summed E-state index contributed by atoms with van der Waals surface area (Å²) in [5.74, 6) is -2.03. The van der Waals surface area contributed by atoms with Crippen molar-refractivity contribution in [3.8, 4) is 0 Å². The zero-order valence-corrected chi connectivity index (χ0v) is 10.9. The lowest BCUT2D eigenvalue weighted by Crippen LogP contribution is -2.29. The number of carbonyl (C=O) groups is 1. The van der Waals surface area contributed by atoms with E-state index in [1.54, 1.807) is 13.0 Å². The lowest BCUT2D eigenvalue weighted by Gasteiger charge is -2.14. The molecule has 104 valence electrons. The molecule has 2 N–H and O–H groups in total. The second kappa shape index (κ2) is 6.99. The molecule has 1 amide bonds. The van der Waals surface area contributed by atoms with Crippen LogP contribution >= 0.6 is 0 Å². The molecule has 0 fully saturated rings. The summed E-state index contributed by atoms with van der Waals surface area (Å²) in [7, 11) is 0. The molecule has 0 aromatic heterocycles. The first-order valence-electron chi connectivity index (χ1n) is 6.04. The van der Waals surface area contributed by atoms with E-state index < -0.39 is 23.3 Å². The van der Waals surface area contributed by atoms with E-state index in [1.165, 1.54) is 6.07 Å². The van der Waals surface area contributed by atoms with Crippen molar-refractivity contribution in [2.45, 2.75) is 26.4 Å². The fourth-order valence-corrected chi connectivity index (χ4v) is 1.66. The van der Waals surface area contributed by atoms with Crippen LogP contribution in [0.25, 0.3) is 0 Å². The van der Waals surface area contributed by atoms with Gasteiger partial charge < -0.3 is 10.4 Å². The van der Waals surface area contributed by atoms with Gasteiger partial charge in [-0.05, 0) is 25.5 Å². The fraction of sp³-hybridized carbons (Fsp3) is 0.357. The number of aliphatic hydroxyl groups is 1. The topological polar surface area (TPSA) is 49.3 Å². The van der Waals surface area contributed by atoms with Gasteiger partial charge in [0.1, 0.15) is 17.7 Å². The Morgan fingerprint density at radius 3 is 2.53 bits per heavy atom. The van der Waals surface area contributed by atoms with E-state index in [-0.39, 0.29) is 12.5 Å². The molecule has 0 saturated heterocycles. The monoisotopic (exact) mass is 269 g/mol. The van der Waals surface area contributed by atoms with Gasteiger partial charge in [0.25, 0.3) is 0 Å². The third-order valence-electron chi connectivity index (χ3n) is 2.66. The summed E-state index contributed by atoms with van der Waals surface area (Å²) >= 11 is 0. The van der Waals surface area contributed by atoms with E-state index in [9.17, 15) is 18.7 Å². The van der Waals surface area contributed by atoms with Crippen molar-refractivity contribution < 1.29 is 18.7 Å². The van der Waals surface area contributed by atoms with Crippen LogP contribution in [0.3, 0.4) is 0 Å². The Hall–Kier alpha value is -1.75. The van der Waals surface area contributed by atoms with Crippen molar-refractivity contribution >= 4 is 5.91 Å². The van der Waals surface area contributed by atoms with Crippen molar-refractivity contribution in [2.75, 3.05) is 6.54 Å². The molecule has 0 radical (unpaired) electrons. The van der Waals surface area contributed by atoms with Crippen LogP contribution in [0.5, 0.6) is 0 Å². The molecule has 1 aromatic rings. The molecule has 0 aliphatic heterocycles. The van der Waals surface area contributed by atoms with Crippen LogP contribution < -0.4 is 5.32 Å². The van der Waals surface area contributed by atoms with Gasteiger partial charge in [-0.3, -0.25) is 4.79 Å². The van der Waals surface area contributed by atoms with Gasteiger partial charge in [-0.2, -0.15) is 0 Å². The average Bonchev–Trinajstić information content (AvgIpc) is 2.36. The molecule has 1 rings (SSSR count). The summed E-state index contributed by atoms with van der Waals surface area (Å²) in [5, 5.41) is 12.2. The van der Waals surface area contributed by atoms with Crippen molar-refractivity contribution in [1.29, 1.82) is 0 Å². The number of halogens is 2. The summed E-state index contributed by atoms with van der Waals surface area (Å²) < 4.78 is 26.8. The molecule has 1 aromatic carbocycles. The van der Waals surface area contributed by atoms with Crippen LogP contribution in [0.4, 0.5) is 8.78 Å². The highest BCUT2D eigenvalue weighted by Crippen LogP contribution is 2.19. The van der Waals surface area contributed by atoms with Gasteiger partial charge in [0.05, 0.1) is 5.56 Å². The first-order valence-corrected chi connectivity index (χ1v) is 6.04. The molecule has 0 saturated carbocycles. The van der Waals surface area contributed by atoms with Gasteiger partial charge in [-0.1, -0.05) is 19.1 Å². The molecule has 19 heavy (non-hydrogen) atoms. The third kappa shape index (κ3) is 4.13. The number of amides is 1. The summed E-state index contributed by atoms with van der Waals surface area (Å²) in [6.45, 7) is 3.28. The standard InChI is InChI=1S/C14H17F2NO2/c1-3-5-9(2)14(19)17-8-12(18)13-10(15)6-4-7-11(13)16/h4-7,12,18H,3,8H2,1-2H3,(H,17,19)/b9-5-. The number of nitrogens with one attached hydrogen (secondary N) is 1. The third-order valence-corrected chi connectivity index (χ3v) is 2.66. The second-order valence-electron chi connectivity index (χ2n) is 4.16. The summed E-state index contributed by atoms with van der Waals surface area (Å²) in [4.78, 5) is 11.6. The quantitative estimate of drug-likeness (QED) is 0.807. The Morgan fingerprint density at radius 2 is 2.00 bits per heavy atom. The van der Waals surface area contributed by atoms with Crippen LogP contribution in [-0.4, -0.2) is 17.6 Å². The largest absolute Gasteiger partial charge is 0.386 e. The first kappa shape index (κ1) is 15.3. The van der Waals surface area contributed by atoms with Gasteiger partial charge >= 0.3 is 0 Å². The maximum absolute atomic E-state index is 13.4. The Bertz CT molecular complexity index is 466. The fourth-order valence-electron chi connectivity index (χ4n) is 1.66. The van der Waals surface area contributed by atoms with E-state index in [4.69, 9.17) is 0 Å². The average molecular weight is 269 g/mol. The summed E-state index contributed by atoms with van der Waals surface area (Å²) in [6.07, 6.45) is 1.02. The summed E-state index contributed by atoms with van der Waals surface area (Å²) in [6, 6.07) is 3.34. The molecule has 3 nitrogen and oxygen atoms in total. The maximum Gasteiger partial charge on any atom is 0.246 e. The normalized spacial score (nSPS) is 13.2. The SMILES string of the molecule is CC/C=C(/C)C(=O)NCC(O)c1c(F)cccc1F. The van der Waals surface area contributed by atoms with Crippen molar-refractivity contribution in [3.05, 3.63) is 47.0 Å². The smallest absolute Gasteiger partial charge is 0.246 e. The molecule has 0 aliphatic rings. The van der Waals surface area contributed by atoms with Gasteiger partial charge in [0.2, 0.25) is 5.91 Å². The molecule has 0 bridgehead atoms. The van der Waals surface area contributed by atoms with E-state index >= 15 is 0 Å². The molecule has 5 heteroatoms. The van der Waals surface area contributed by atoms with Crippen molar-refractivity contribution in [2.24, 2.45) is 0 Å². The van der Waals surface area contributed by atoms with E-state index in [0.717, 1.165) is 12.1 Å². The van der Waals surface area contributed by atoms with Gasteiger partial charge in [-0.15, -0.1) is 0 Å². The molecular weight excluding hydrogens is 252 g/mol. The van der Waals surface area contributed by atoms with Gasteiger partial charge in [-0.25, -0.2) is 8.78 Å². The van der Waals surface area contributed by atoms with E-state index in [0.29, 0.717) is 12.0 Å². The molecule has 0 spiro atoms. The van der Waals surface area contributed by atoms with Crippen molar-refractivity contribution in [1.82, 2.24) is 5.32 Å². The van der Waals surface area contributed by atoms with E-state index in [1.807, 2.05) is 6.92 Å². The highest BCUT2D eigenvalue weighted by Gasteiger charge is 2.18. The zero-order valence-electron chi connectivity index (χ0n) is 10.9. The Morgan fingerprint density at radius 1 is 1.42 bits per heavy atom. The van der Waals surface area contributed by atoms with Crippen LogP contribution in [0.15, 0.2) is 29.8 Å². The van der Waals surface area contributed by atoms with Crippen molar-refractivity contribution in [3.63, 3.8) is 0 Å². The minimum absolute atomic E-state index is 0.244. The lowest BCUT2D eigenvalue weighted by molar-refractivity contribution is -0.117. The first-order chi connectivity index (χ1) is 8.97. The Labute approximate surface area is 110 Å². The minimum Gasteiger partial charge on any atom is -0.386 e. The lowest BCUT2D eigenvalue weighted by atomic mass is 10.1. The van der Waals surface area contributed by atoms with Gasteiger partial charge in [0, 0.05) is 12.1 Å². The molecule has 0 heterocycles. The van der Waals surface area contributed by atoms with Crippen LogP contribution in [0.2, 0.25) is 0 Å².